The molecule has 0 unspecified atom stereocenters. The first-order valence-corrected chi connectivity index (χ1v) is 8.70. The highest BCUT2D eigenvalue weighted by molar-refractivity contribution is 9.10. The summed E-state index contributed by atoms with van der Waals surface area (Å²) in [5.74, 6) is 0.518. The first-order chi connectivity index (χ1) is 11.1. The third-order valence-corrected chi connectivity index (χ3v) is 4.68. The summed E-state index contributed by atoms with van der Waals surface area (Å²) in [5.41, 5.74) is 3.10. The number of nitrogens with zero attached hydrogens (tertiary/aromatic N) is 1. The number of benzene rings is 2. The zero-order valence-electron chi connectivity index (χ0n) is 12.8. The van der Waals surface area contributed by atoms with Crippen molar-refractivity contribution in [1.82, 2.24) is 0 Å². The molecule has 0 radical (unpaired) electrons. The van der Waals surface area contributed by atoms with Gasteiger partial charge in [0.05, 0.1) is 5.02 Å². The van der Waals surface area contributed by atoms with Crippen LogP contribution in [0.2, 0.25) is 5.02 Å². The topological polar surface area (TPSA) is 29.5 Å². The predicted molar refractivity (Wildman–Crippen MR) is 96.5 cm³/mol. The van der Waals surface area contributed by atoms with Gasteiger partial charge in [-0.15, -0.1) is 0 Å². The maximum atomic E-state index is 12.6. The summed E-state index contributed by atoms with van der Waals surface area (Å²) in [7, 11) is 0. The fourth-order valence-corrected chi connectivity index (χ4v) is 3.90. The van der Waals surface area contributed by atoms with Gasteiger partial charge < -0.3 is 9.64 Å². The number of hydrogen-bond acceptors (Lipinski definition) is 2. The van der Waals surface area contributed by atoms with E-state index in [9.17, 15) is 4.79 Å². The molecular formula is C18H17BrClNO2. The Morgan fingerprint density at radius 3 is 2.91 bits per heavy atom. The molecule has 2 aromatic carbocycles. The van der Waals surface area contributed by atoms with E-state index < -0.39 is 0 Å². The molecule has 0 bridgehead atoms. The monoisotopic (exact) mass is 393 g/mol. The number of halogens is 2. The van der Waals surface area contributed by atoms with E-state index in [-0.39, 0.29) is 12.5 Å². The van der Waals surface area contributed by atoms with Gasteiger partial charge in [0.2, 0.25) is 0 Å². The SMILES string of the molecule is Cc1cc(Br)cc(Cl)c1OCC(=O)N1CCCc2ccccc21. The molecule has 0 aromatic heterocycles. The molecule has 5 heteroatoms. The van der Waals surface area contributed by atoms with E-state index in [4.69, 9.17) is 16.3 Å². The van der Waals surface area contributed by atoms with Gasteiger partial charge >= 0.3 is 0 Å². The fourth-order valence-electron chi connectivity index (χ4n) is 2.88. The lowest BCUT2D eigenvalue weighted by Crippen LogP contribution is -2.38. The van der Waals surface area contributed by atoms with Crippen LogP contribution in [0.15, 0.2) is 40.9 Å². The third-order valence-electron chi connectivity index (χ3n) is 3.95. The van der Waals surface area contributed by atoms with Crippen molar-refractivity contribution in [3.8, 4) is 5.75 Å². The molecule has 0 spiro atoms. The molecule has 3 rings (SSSR count). The average Bonchev–Trinajstić information content (AvgIpc) is 2.53. The molecule has 1 aliphatic heterocycles. The molecule has 1 heterocycles. The van der Waals surface area contributed by atoms with Crippen LogP contribution in [0.5, 0.6) is 5.75 Å². The van der Waals surface area contributed by atoms with Crippen molar-refractivity contribution in [2.45, 2.75) is 19.8 Å². The van der Waals surface area contributed by atoms with Gasteiger partial charge in [-0.25, -0.2) is 0 Å². The van der Waals surface area contributed by atoms with Gasteiger partial charge in [-0.1, -0.05) is 45.7 Å². The van der Waals surface area contributed by atoms with Gasteiger partial charge in [0, 0.05) is 16.7 Å². The molecule has 0 saturated heterocycles. The first-order valence-electron chi connectivity index (χ1n) is 7.53. The number of ether oxygens (including phenoxy) is 1. The summed E-state index contributed by atoms with van der Waals surface area (Å²) in [5, 5.41) is 0.503. The van der Waals surface area contributed by atoms with Crippen LogP contribution in [-0.2, 0) is 11.2 Å². The maximum Gasteiger partial charge on any atom is 0.264 e. The summed E-state index contributed by atoms with van der Waals surface area (Å²) in [6.45, 7) is 2.62. The molecule has 120 valence electrons. The Labute approximate surface area is 149 Å². The largest absolute Gasteiger partial charge is 0.482 e. The summed E-state index contributed by atoms with van der Waals surface area (Å²) < 4.78 is 6.60. The van der Waals surface area contributed by atoms with Gasteiger partial charge in [0.15, 0.2) is 6.61 Å². The molecule has 3 nitrogen and oxygen atoms in total. The van der Waals surface area contributed by atoms with Crippen LogP contribution in [0.1, 0.15) is 17.5 Å². The average molecular weight is 395 g/mol. The number of fused-ring (bicyclic) bond motifs is 1. The Kier molecular flexibility index (Phi) is 4.93. The smallest absolute Gasteiger partial charge is 0.264 e. The van der Waals surface area contributed by atoms with Gasteiger partial charge in [0.1, 0.15) is 5.75 Å². The van der Waals surface area contributed by atoms with Crippen LogP contribution in [0, 0.1) is 6.92 Å². The Hall–Kier alpha value is -1.52. The number of carbonyl (C=O) groups is 1. The third kappa shape index (κ3) is 3.54. The quantitative estimate of drug-likeness (QED) is 0.750. The number of anilines is 1. The lowest BCUT2D eigenvalue weighted by molar-refractivity contribution is -0.120. The number of carbonyl (C=O) groups excluding carboxylic acids is 1. The summed E-state index contributed by atoms with van der Waals surface area (Å²) >= 11 is 9.60. The zero-order chi connectivity index (χ0) is 16.4. The van der Waals surface area contributed by atoms with Crippen molar-refractivity contribution < 1.29 is 9.53 Å². The number of hydrogen-bond donors (Lipinski definition) is 0. The van der Waals surface area contributed by atoms with E-state index in [2.05, 4.69) is 22.0 Å². The Morgan fingerprint density at radius 1 is 1.35 bits per heavy atom. The van der Waals surface area contributed by atoms with Crippen molar-refractivity contribution in [2.75, 3.05) is 18.1 Å². The standard InChI is InChI=1S/C18H17BrClNO2/c1-12-9-14(19)10-15(20)18(12)23-11-17(22)21-8-4-6-13-5-2-3-7-16(13)21/h2-3,5,7,9-10H,4,6,8,11H2,1H3. The minimum absolute atomic E-state index is 0.0173. The minimum Gasteiger partial charge on any atom is -0.482 e. The number of rotatable bonds is 3. The molecule has 0 N–H and O–H groups in total. The van der Waals surface area contributed by atoms with Crippen molar-refractivity contribution >= 4 is 39.1 Å². The number of amides is 1. The second-order valence-corrected chi connectivity index (χ2v) is 6.92. The lowest BCUT2D eigenvalue weighted by atomic mass is 10.0. The summed E-state index contributed by atoms with van der Waals surface area (Å²) in [6.07, 6.45) is 1.99. The second-order valence-electron chi connectivity index (χ2n) is 5.60. The van der Waals surface area contributed by atoms with Gasteiger partial charge in [-0.3, -0.25) is 4.79 Å². The van der Waals surface area contributed by atoms with Crippen molar-refractivity contribution in [2.24, 2.45) is 0 Å². The molecule has 0 saturated carbocycles. The highest BCUT2D eigenvalue weighted by atomic mass is 79.9. The van der Waals surface area contributed by atoms with Gasteiger partial charge in [-0.2, -0.15) is 0 Å². The Morgan fingerprint density at radius 2 is 2.13 bits per heavy atom. The molecule has 2 aromatic rings. The van der Waals surface area contributed by atoms with Crippen molar-refractivity contribution in [1.29, 1.82) is 0 Å². The van der Waals surface area contributed by atoms with Crippen LogP contribution in [0.3, 0.4) is 0 Å². The van der Waals surface area contributed by atoms with E-state index >= 15 is 0 Å². The first kappa shape index (κ1) is 16.3. The van der Waals surface area contributed by atoms with Crippen molar-refractivity contribution in [3.63, 3.8) is 0 Å². The van der Waals surface area contributed by atoms with Crippen LogP contribution in [-0.4, -0.2) is 19.1 Å². The second kappa shape index (κ2) is 6.93. The fraction of sp³-hybridized carbons (Fsp3) is 0.278. The molecule has 1 amide bonds. The van der Waals surface area contributed by atoms with Gasteiger partial charge in [0.25, 0.3) is 5.91 Å². The lowest BCUT2D eigenvalue weighted by Gasteiger charge is -2.29. The van der Waals surface area contributed by atoms with E-state index in [1.807, 2.05) is 31.2 Å². The van der Waals surface area contributed by atoms with Gasteiger partial charge in [-0.05, 0) is 49.1 Å². The van der Waals surface area contributed by atoms with E-state index in [0.29, 0.717) is 10.8 Å². The molecule has 23 heavy (non-hydrogen) atoms. The normalized spacial score (nSPS) is 13.6. The molecule has 1 aliphatic rings. The van der Waals surface area contributed by atoms with Crippen molar-refractivity contribution in [3.05, 3.63) is 57.0 Å². The molecule has 0 fully saturated rings. The van der Waals surface area contributed by atoms with Crippen LogP contribution in [0.4, 0.5) is 5.69 Å². The van der Waals surface area contributed by atoms with Crippen LogP contribution >= 0.6 is 27.5 Å². The Balaban J connectivity index is 1.74. The highest BCUT2D eigenvalue weighted by Gasteiger charge is 2.22. The number of aryl methyl sites for hydroxylation is 2. The number of para-hydroxylation sites is 1. The maximum absolute atomic E-state index is 12.6. The summed E-state index contributed by atoms with van der Waals surface area (Å²) in [4.78, 5) is 14.4. The van der Waals surface area contributed by atoms with E-state index in [1.54, 1.807) is 11.0 Å². The van der Waals surface area contributed by atoms with E-state index in [0.717, 1.165) is 35.1 Å². The zero-order valence-corrected chi connectivity index (χ0v) is 15.2. The molecule has 0 atom stereocenters. The molecular weight excluding hydrogens is 378 g/mol. The Bertz CT molecular complexity index is 725. The van der Waals surface area contributed by atoms with Crippen LogP contribution < -0.4 is 9.64 Å². The summed E-state index contributed by atoms with van der Waals surface area (Å²) in [6, 6.07) is 11.7. The molecule has 0 aliphatic carbocycles. The highest BCUT2D eigenvalue weighted by Crippen LogP contribution is 2.32. The van der Waals surface area contributed by atoms with E-state index in [1.165, 1.54) is 5.56 Å². The predicted octanol–water partition coefficient (Wildman–Crippen LogP) is 4.77. The van der Waals surface area contributed by atoms with Crippen LogP contribution in [0.25, 0.3) is 0 Å². The minimum atomic E-state index is -0.0458.